The van der Waals surface area contributed by atoms with Gasteiger partial charge in [0.2, 0.25) is 5.91 Å². The number of benzene rings is 1. The summed E-state index contributed by atoms with van der Waals surface area (Å²) in [6, 6.07) is 7.19. The molecule has 0 heterocycles. The van der Waals surface area contributed by atoms with Crippen molar-refractivity contribution in [2.75, 3.05) is 124 Å². The van der Waals surface area contributed by atoms with Gasteiger partial charge in [0, 0.05) is 25.1 Å². The second-order valence-corrected chi connectivity index (χ2v) is 9.43. The molecule has 0 aliphatic carbocycles. The Morgan fingerprint density at radius 2 is 0.881 bits per heavy atom. The second kappa shape index (κ2) is 30.9. The monoisotopic (exact) mass is 621 g/mol. The normalized spacial score (nSPS) is 11.2. The van der Waals surface area contributed by atoms with Gasteiger partial charge in [0.1, 0.15) is 12.4 Å². The van der Waals surface area contributed by atoms with Gasteiger partial charge in [-0.3, -0.25) is 4.79 Å². The molecule has 0 unspecified atom stereocenters. The summed E-state index contributed by atoms with van der Waals surface area (Å²) in [6.45, 7) is 10.5. The molecule has 0 aliphatic rings. The molecule has 0 radical (unpaired) electrons. The molecule has 0 spiro atoms. The molecule has 1 rings (SSSR count). The van der Waals surface area contributed by atoms with Crippen molar-refractivity contribution in [1.82, 2.24) is 0 Å². The Morgan fingerprint density at radius 3 is 1.26 bits per heavy atom. The number of halogens is 1. The molecule has 0 aromatic heterocycles. The first kappa shape index (κ1) is 38.5. The molecule has 0 bridgehead atoms. The van der Waals surface area contributed by atoms with Crippen LogP contribution in [0.2, 0.25) is 0 Å². The van der Waals surface area contributed by atoms with Crippen LogP contribution in [0.15, 0.2) is 24.3 Å². The van der Waals surface area contributed by atoms with E-state index in [4.69, 9.17) is 54.2 Å². The topological polar surface area (TPSA) is 112 Å². The molecule has 0 saturated carbocycles. The smallest absolute Gasteiger partial charge is 0.221 e. The van der Waals surface area contributed by atoms with Crippen molar-refractivity contribution < 1.29 is 47.4 Å². The highest BCUT2D eigenvalue weighted by Gasteiger charge is 1.99. The molecule has 1 N–H and O–H groups in total. The largest absolute Gasteiger partial charge is 0.491 e. The summed E-state index contributed by atoms with van der Waals surface area (Å²) >= 11 is 5.65. The van der Waals surface area contributed by atoms with Crippen molar-refractivity contribution in [1.29, 1.82) is 0 Å². The standard InChI is InChI=1S/C30H52ClNO10/c1-28(33)32-29-6-8-30(9-7-29)42-27-26-41-25-24-40-23-22-39-21-20-38-19-18-37-17-16-36-15-14-35-13-12-34-11-5-3-2-4-10-31/h6-9H,2-5,10-27H2,1H3,(H,32,33). The molecular weight excluding hydrogens is 570 g/mol. The van der Waals surface area contributed by atoms with Gasteiger partial charge in [0.05, 0.1) is 99.1 Å². The van der Waals surface area contributed by atoms with Crippen molar-refractivity contribution in [2.24, 2.45) is 0 Å². The van der Waals surface area contributed by atoms with Gasteiger partial charge < -0.3 is 47.9 Å². The van der Waals surface area contributed by atoms with E-state index in [0.29, 0.717) is 106 Å². The van der Waals surface area contributed by atoms with Crippen LogP contribution in [0.1, 0.15) is 32.6 Å². The summed E-state index contributed by atoms with van der Waals surface area (Å²) in [6.07, 6.45) is 4.49. The van der Waals surface area contributed by atoms with Crippen molar-refractivity contribution >= 4 is 23.2 Å². The Kier molecular flexibility index (Phi) is 28.3. The summed E-state index contributed by atoms with van der Waals surface area (Å²) in [7, 11) is 0. The predicted molar refractivity (Wildman–Crippen MR) is 162 cm³/mol. The molecular formula is C30H52ClNO10. The number of rotatable bonds is 32. The van der Waals surface area contributed by atoms with Crippen LogP contribution < -0.4 is 10.1 Å². The summed E-state index contributed by atoms with van der Waals surface area (Å²) in [4.78, 5) is 11.0. The molecule has 244 valence electrons. The van der Waals surface area contributed by atoms with Crippen LogP contribution in [0.25, 0.3) is 0 Å². The van der Waals surface area contributed by atoms with E-state index in [1.807, 2.05) is 0 Å². The van der Waals surface area contributed by atoms with Gasteiger partial charge in [-0.2, -0.15) is 0 Å². The van der Waals surface area contributed by atoms with Gasteiger partial charge in [-0.1, -0.05) is 12.8 Å². The molecule has 12 heteroatoms. The SMILES string of the molecule is CC(=O)Nc1ccc(OCCOCCOCCOCCOCCOCCOCCOCCOCCCCCCCl)cc1. The molecule has 1 aromatic carbocycles. The third kappa shape index (κ3) is 27.3. The lowest BCUT2D eigenvalue weighted by Crippen LogP contribution is -2.15. The lowest BCUT2D eigenvalue weighted by atomic mass is 10.2. The van der Waals surface area contributed by atoms with Crippen molar-refractivity contribution in [2.45, 2.75) is 32.6 Å². The Balaban J connectivity index is 1.68. The highest BCUT2D eigenvalue weighted by atomic mass is 35.5. The number of unbranched alkanes of at least 4 members (excludes halogenated alkanes) is 3. The van der Waals surface area contributed by atoms with Crippen molar-refractivity contribution in [3.05, 3.63) is 24.3 Å². The molecule has 1 aromatic rings. The van der Waals surface area contributed by atoms with E-state index in [1.165, 1.54) is 19.8 Å². The van der Waals surface area contributed by atoms with E-state index in [0.717, 1.165) is 36.8 Å². The number of anilines is 1. The molecule has 1 amide bonds. The highest BCUT2D eigenvalue weighted by molar-refractivity contribution is 6.17. The minimum absolute atomic E-state index is 0.105. The molecule has 11 nitrogen and oxygen atoms in total. The zero-order valence-corrected chi connectivity index (χ0v) is 26.1. The summed E-state index contributed by atoms with van der Waals surface area (Å²) in [5, 5.41) is 2.71. The van der Waals surface area contributed by atoms with Gasteiger partial charge in [0.15, 0.2) is 0 Å². The van der Waals surface area contributed by atoms with Crippen LogP contribution in [0.3, 0.4) is 0 Å². The maximum atomic E-state index is 11.0. The quantitative estimate of drug-likeness (QED) is 0.0937. The summed E-state index contributed by atoms with van der Waals surface area (Å²) < 4.78 is 49.4. The lowest BCUT2D eigenvalue weighted by Gasteiger charge is -2.09. The number of carbonyl (C=O) groups excluding carboxylic acids is 1. The van der Waals surface area contributed by atoms with Gasteiger partial charge in [-0.25, -0.2) is 0 Å². The molecule has 42 heavy (non-hydrogen) atoms. The number of carbonyl (C=O) groups is 1. The van der Waals surface area contributed by atoms with Crippen LogP contribution >= 0.6 is 11.6 Å². The number of ether oxygens (including phenoxy) is 9. The fraction of sp³-hybridized carbons (Fsp3) is 0.767. The summed E-state index contributed by atoms with van der Waals surface area (Å²) in [5.41, 5.74) is 0.735. The molecule has 0 fully saturated rings. The maximum Gasteiger partial charge on any atom is 0.221 e. The van der Waals surface area contributed by atoms with Crippen LogP contribution in [0, 0.1) is 0 Å². The molecule has 0 saturated heterocycles. The van der Waals surface area contributed by atoms with Gasteiger partial charge in [0.25, 0.3) is 0 Å². The Bertz CT molecular complexity index is 714. The minimum atomic E-state index is -0.105. The Morgan fingerprint density at radius 1 is 0.524 bits per heavy atom. The van der Waals surface area contributed by atoms with Crippen LogP contribution in [0.5, 0.6) is 5.75 Å². The van der Waals surface area contributed by atoms with Gasteiger partial charge in [-0.15, -0.1) is 11.6 Å². The van der Waals surface area contributed by atoms with Crippen LogP contribution in [0.4, 0.5) is 5.69 Å². The van der Waals surface area contributed by atoms with Crippen molar-refractivity contribution in [3.8, 4) is 5.75 Å². The third-order valence-corrected chi connectivity index (χ3v) is 5.71. The first-order chi connectivity index (χ1) is 20.7. The van der Waals surface area contributed by atoms with E-state index < -0.39 is 0 Å². The maximum absolute atomic E-state index is 11.0. The van der Waals surface area contributed by atoms with E-state index in [9.17, 15) is 4.79 Å². The van der Waals surface area contributed by atoms with Crippen molar-refractivity contribution in [3.63, 3.8) is 0 Å². The predicted octanol–water partition coefficient (Wildman–Crippen LogP) is 3.96. The number of alkyl halides is 1. The fourth-order valence-corrected chi connectivity index (χ4v) is 3.54. The highest BCUT2D eigenvalue weighted by Crippen LogP contribution is 2.15. The number of amides is 1. The van der Waals surface area contributed by atoms with Gasteiger partial charge in [-0.05, 0) is 37.1 Å². The third-order valence-electron chi connectivity index (χ3n) is 5.45. The van der Waals surface area contributed by atoms with E-state index in [-0.39, 0.29) is 5.91 Å². The first-order valence-corrected chi connectivity index (χ1v) is 15.4. The Hall–Kier alpha value is -1.54. The Labute approximate surface area is 256 Å². The zero-order valence-electron chi connectivity index (χ0n) is 25.3. The van der Waals surface area contributed by atoms with E-state index in [1.54, 1.807) is 24.3 Å². The summed E-state index contributed by atoms with van der Waals surface area (Å²) in [5.74, 6) is 1.36. The van der Waals surface area contributed by atoms with Gasteiger partial charge >= 0.3 is 0 Å². The van der Waals surface area contributed by atoms with Crippen LogP contribution in [-0.2, 0) is 42.7 Å². The lowest BCUT2D eigenvalue weighted by molar-refractivity contribution is -0.114. The van der Waals surface area contributed by atoms with Crippen LogP contribution in [-0.4, -0.2) is 124 Å². The number of hydrogen-bond acceptors (Lipinski definition) is 10. The van der Waals surface area contributed by atoms with E-state index >= 15 is 0 Å². The average molecular weight is 622 g/mol. The molecule has 0 atom stereocenters. The zero-order chi connectivity index (χ0) is 30.2. The first-order valence-electron chi connectivity index (χ1n) is 14.9. The minimum Gasteiger partial charge on any atom is -0.491 e. The number of hydrogen-bond donors (Lipinski definition) is 1. The average Bonchev–Trinajstić information content (AvgIpc) is 2.98. The fourth-order valence-electron chi connectivity index (χ4n) is 3.35. The van der Waals surface area contributed by atoms with E-state index in [2.05, 4.69) is 5.32 Å². The molecule has 0 aliphatic heterocycles. The number of nitrogens with one attached hydrogen (secondary N) is 1. The second-order valence-electron chi connectivity index (χ2n) is 9.06.